The second-order valence-electron chi connectivity index (χ2n) is 6.65. The molecule has 0 aromatic rings. The van der Waals surface area contributed by atoms with Crippen LogP contribution in [0, 0.1) is 0 Å². The normalized spacial score (nSPS) is 10.5. The fourth-order valence-electron chi connectivity index (χ4n) is 0.246. The zero-order valence-corrected chi connectivity index (χ0v) is 14.9. The summed E-state index contributed by atoms with van der Waals surface area (Å²) in [5.74, 6) is -3.02. The molecule has 6 nitrogen and oxygen atoms in total. The van der Waals surface area contributed by atoms with E-state index in [1.54, 1.807) is 0 Å². The van der Waals surface area contributed by atoms with Crippen molar-refractivity contribution in [3.8, 4) is 0 Å². The van der Waals surface area contributed by atoms with E-state index in [4.69, 9.17) is 0 Å². The number of carboxylic acids is 2. The first kappa shape index (κ1) is 24.6. The predicted molar refractivity (Wildman–Crippen MR) is 80.9 cm³/mol. The van der Waals surface area contributed by atoms with Crippen LogP contribution in [-0.2, 0) is 9.59 Å². The maximum Gasteiger partial charge on any atom is 0.0751 e. The number of rotatable bonds is 5. The van der Waals surface area contributed by atoms with Gasteiger partial charge in [-0.15, -0.1) is 0 Å². The first-order chi connectivity index (χ1) is 9.16. The molecule has 0 aromatic heterocycles. The Morgan fingerprint density at radius 1 is 0.857 bits per heavy atom. The summed E-state index contributed by atoms with van der Waals surface area (Å²) >= 11 is 0. The molecule has 0 heterocycles. The Hall–Kier alpha value is -1.40. The van der Waals surface area contributed by atoms with Gasteiger partial charge in [-0.2, -0.15) is 0 Å². The fourth-order valence-corrected chi connectivity index (χ4v) is 0.246. The number of carbonyl (C=O) groups excluding carboxylic acids is 2. The second-order valence-corrected chi connectivity index (χ2v) is 6.65. The number of quaternary nitrogens is 2. The molecule has 0 aliphatic rings. The Morgan fingerprint density at radius 3 is 1.14 bits per heavy atom. The number of carbonyl (C=O) groups is 2. The van der Waals surface area contributed by atoms with E-state index in [0.29, 0.717) is 0 Å². The predicted octanol–water partition coefficient (Wildman–Crippen LogP) is -1.14. The van der Waals surface area contributed by atoms with E-state index in [2.05, 4.69) is 62.7 Å². The van der Waals surface area contributed by atoms with Crippen LogP contribution in [0.15, 0.2) is 12.2 Å². The van der Waals surface area contributed by atoms with Crippen molar-refractivity contribution in [1.29, 1.82) is 0 Å². The average Bonchev–Trinajstić information content (AvgIpc) is 2.27. The van der Waals surface area contributed by atoms with Gasteiger partial charge in [0.15, 0.2) is 0 Å². The molecule has 0 saturated heterocycles. The lowest BCUT2D eigenvalue weighted by molar-refractivity contribution is -0.868. The van der Waals surface area contributed by atoms with Crippen molar-refractivity contribution >= 4 is 11.9 Å². The van der Waals surface area contributed by atoms with E-state index in [1.807, 2.05) is 0 Å². The van der Waals surface area contributed by atoms with Crippen molar-refractivity contribution in [3.63, 3.8) is 0 Å². The Morgan fingerprint density at radius 2 is 1.10 bits per heavy atom. The van der Waals surface area contributed by atoms with E-state index >= 15 is 0 Å². The summed E-state index contributed by atoms with van der Waals surface area (Å²) in [5.41, 5.74) is -0.477. The minimum absolute atomic E-state index is 0.477. The first-order valence-electron chi connectivity index (χ1n) is 6.86. The van der Waals surface area contributed by atoms with Crippen LogP contribution in [0.1, 0.15) is 20.3 Å². The molecule has 0 N–H and O–H groups in total. The van der Waals surface area contributed by atoms with Gasteiger partial charge in [0.05, 0.1) is 61.3 Å². The molecule has 0 bridgehead atoms. The van der Waals surface area contributed by atoms with Gasteiger partial charge in [-0.05, 0) is 19.4 Å². The zero-order valence-electron chi connectivity index (χ0n) is 14.9. The molecular formula is C15H32N2O4. The highest BCUT2D eigenvalue weighted by molar-refractivity contribution is 5.89. The summed E-state index contributed by atoms with van der Waals surface area (Å²) in [6.45, 7) is 9.69. The topological polar surface area (TPSA) is 80.3 Å². The summed E-state index contributed by atoms with van der Waals surface area (Å²) < 4.78 is 2.14. The summed E-state index contributed by atoms with van der Waals surface area (Å²) in [7, 11) is 13.1. The van der Waals surface area contributed by atoms with E-state index in [1.165, 1.54) is 13.1 Å². The number of hydrogen-bond acceptors (Lipinski definition) is 4. The maximum atomic E-state index is 9.73. The van der Waals surface area contributed by atoms with Crippen LogP contribution >= 0.6 is 0 Å². The Balaban J connectivity index is -0.000000240. The van der Waals surface area contributed by atoms with Crippen molar-refractivity contribution in [1.82, 2.24) is 0 Å². The Labute approximate surface area is 129 Å². The van der Waals surface area contributed by atoms with Gasteiger partial charge < -0.3 is 28.8 Å². The minimum Gasteiger partial charge on any atom is -0.550 e. The third kappa shape index (κ3) is 32.3. The number of hydrogen-bond donors (Lipinski definition) is 0. The average molecular weight is 304 g/mol. The van der Waals surface area contributed by atoms with Crippen LogP contribution in [0.4, 0.5) is 0 Å². The molecule has 21 heavy (non-hydrogen) atoms. The molecule has 0 spiro atoms. The van der Waals surface area contributed by atoms with Gasteiger partial charge in [-0.1, -0.05) is 6.58 Å². The molecule has 0 atom stereocenters. The number of carboxylic acid groups (broad SMARTS) is 2. The third-order valence-corrected chi connectivity index (χ3v) is 2.54. The Bertz CT molecular complexity index is 312. The van der Waals surface area contributed by atoms with Gasteiger partial charge in [0, 0.05) is 12.4 Å². The van der Waals surface area contributed by atoms with Gasteiger partial charge in [-0.3, -0.25) is 0 Å². The second kappa shape index (κ2) is 11.3. The van der Waals surface area contributed by atoms with Crippen molar-refractivity contribution in [2.75, 3.05) is 55.4 Å². The van der Waals surface area contributed by atoms with Gasteiger partial charge in [0.2, 0.25) is 0 Å². The molecular weight excluding hydrogens is 272 g/mol. The highest BCUT2D eigenvalue weighted by Gasteiger charge is 1.98. The SMILES string of the molecule is C=C(CC(=O)[O-])C(=O)[O-].CC[N+](C)(C)C.CC[N+](C)(C)C. The van der Waals surface area contributed by atoms with Gasteiger partial charge in [-0.25, -0.2) is 0 Å². The summed E-state index contributed by atoms with van der Waals surface area (Å²) in [6, 6.07) is 0. The van der Waals surface area contributed by atoms with Gasteiger partial charge in [0.25, 0.3) is 0 Å². The van der Waals surface area contributed by atoms with Crippen LogP contribution in [0.5, 0.6) is 0 Å². The quantitative estimate of drug-likeness (QED) is 0.475. The first-order valence-corrected chi connectivity index (χ1v) is 6.86. The van der Waals surface area contributed by atoms with Gasteiger partial charge >= 0.3 is 0 Å². The molecule has 0 aromatic carbocycles. The molecule has 0 unspecified atom stereocenters. The highest BCUT2D eigenvalue weighted by Crippen LogP contribution is 1.92. The molecule has 0 aliphatic carbocycles. The lowest BCUT2D eigenvalue weighted by Crippen LogP contribution is -2.33. The van der Waals surface area contributed by atoms with E-state index < -0.39 is 23.9 Å². The monoisotopic (exact) mass is 304 g/mol. The molecule has 6 heteroatoms. The van der Waals surface area contributed by atoms with Crippen molar-refractivity contribution in [2.24, 2.45) is 0 Å². The zero-order chi connectivity index (χ0) is 17.9. The molecule has 0 saturated carbocycles. The maximum absolute atomic E-state index is 9.73. The van der Waals surface area contributed by atoms with Crippen LogP contribution in [0.3, 0.4) is 0 Å². The number of aliphatic carboxylic acids is 2. The molecule has 0 radical (unpaired) electrons. The number of nitrogens with zero attached hydrogens (tertiary/aromatic N) is 2. The standard InChI is InChI=1S/2C5H14N.C5H6O4/c2*1-5-6(2,3)4;1-3(5(8)9)2-4(6)7/h2*5H2,1-4H3;1-2H2,(H,6,7)(H,8,9)/q2*+1;/p-2. The van der Waals surface area contributed by atoms with Crippen molar-refractivity contribution < 1.29 is 28.8 Å². The van der Waals surface area contributed by atoms with Crippen LogP contribution in [0.25, 0.3) is 0 Å². The molecule has 0 aliphatic heterocycles. The fraction of sp³-hybridized carbons (Fsp3) is 0.733. The minimum atomic E-state index is -1.56. The highest BCUT2D eigenvalue weighted by atomic mass is 16.4. The van der Waals surface area contributed by atoms with Crippen molar-refractivity contribution in [3.05, 3.63) is 12.2 Å². The molecule has 0 amide bonds. The summed E-state index contributed by atoms with van der Waals surface area (Å²) in [6.07, 6.45) is -0.678. The van der Waals surface area contributed by atoms with E-state index in [9.17, 15) is 19.8 Å². The van der Waals surface area contributed by atoms with E-state index in [0.717, 1.165) is 8.97 Å². The molecule has 0 rings (SSSR count). The van der Waals surface area contributed by atoms with Crippen LogP contribution in [0.2, 0.25) is 0 Å². The smallest absolute Gasteiger partial charge is 0.0751 e. The summed E-state index contributed by atoms with van der Waals surface area (Å²) in [4.78, 5) is 19.4. The summed E-state index contributed by atoms with van der Waals surface area (Å²) in [5, 5.41) is 19.4. The largest absolute Gasteiger partial charge is 0.550 e. The van der Waals surface area contributed by atoms with Crippen molar-refractivity contribution in [2.45, 2.75) is 20.3 Å². The van der Waals surface area contributed by atoms with Crippen LogP contribution in [-0.4, -0.2) is 76.3 Å². The van der Waals surface area contributed by atoms with E-state index in [-0.39, 0.29) is 0 Å². The lowest BCUT2D eigenvalue weighted by Gasteiger charge is -2.20. The molecule has 126 valence electrons. The Kier molecular flexibility index (Phi) is 13.2. The van der Waals surface area contributed by atoms with Crippen LogP contribution < -0.4 is 10.2 Å². The third-order valence-electron chi connectivity index (χ3n) is 2.54. The molecule has 0 fully saturated rings. The lowest BCUT2D eigenvalue weighted by atomic mass is 10.2. The van der Waals surface area contributed by atoms with Gasteiger partial charge in [0.1, 0.15) is 0 Å².